The zero-order valence-electron chi connectivity index (χ0n) is 9.68. The monoisotopic (exact) mass is 260 g/mol. The summed E-state index contributed by atoms with van der Waals surface area (Å²) in [5, 5.41) is 15.2. The van der Waals surface area contributed by atoms with Crippen molar-refractivity contribution in [2.24, 2.45) is 0 Å². The number of hydrogen-bond acceptors (Lipinski definition) is 3. The summed E-state index contributed by atoms with van der Waals surface area (Å²) in [5.41, 5.74) is 1.57. The van der Waals surface area contributed by atoms with Gasteiger partial charge < -0.3 is 10.4 Å². The molecule has 0 bridgehead atoms. The van der Waals surface area contributed by atoms with Crippen molar-refractivity contribution in [2.45, 2.75) is 12.1 Å². The molecule has 1 aliphatic rings. The molecule has 0 amide bonds. The molecular formula is C14H13ClN2O. The van der Waals surface area contributed by atoms with E-state index in [2.05, 4.69) is 10.3 Å². The zero-order chi connectivity index (χ0) is 12.5. The van der Waals surface area contributed by atoms with E-state index >= 15 is 0 Å². The Hall–Kier alpha value is -1.42. The van der Waals surface area contributed by atoms with Gasteiger partial charge in [-0.25, -0.2) is 0 Å². The first kappa shape index (κ1) is 11.7. The number of fused-ring (bicyclic) bond motifs is 1. The third-order valence-electron chi connectivity index (χ3n) is 3.22. The summed E-state index contributed by atoms with van der Waals surface area (Å²) in [7, 11) is 0. The molecule has 1 aromatic carbocycles. The fraction of sp³-hybridized carbons (Fsp3) is 0.214. The molecule has 2 N–H and O–H groups in total. The Morgan fingerprint density at radius 2 is 2.28 bits per heavy atom. The van der Waals surface area contributed by atoms with Crippen LogP contribution in [0, 0.1) is 0 Å². The fourth-order valence-electron chi connectivity index (χ4n) is 2.30. The minimum absolute atomic E-state index is 0.0589. The lowest BCUT2D eigenvalue weighted by Crippen LogP contribution is -2.29. The van der Waals surface area contributed by atoms with Crippen LogP contribution in [0.25, 0.3) is 10.9 Å². The van der Waals surface area contributed by atoms with E-state index in [0.717, 1.165) is 23.0 Å². The first-order valence-corrected chi connectivity index (χ1v) is 6.26. The van der Waals surface area contributed by atoms with Crippen molar-refractivity contribution >= 4 is 22.5 Å². The molecule has 0 spiro atoms. The van der Waals surface area contributed by atoms with Crippen molar-refractivity contribution in [3.8, 4) is 0 Å². The maximum absolute atomic E-state index is 10.4. The maximum atomic E-state index is 10.4. The molecule has 92 valence electrons. The highest BCUT2D eigenvalue weighted by molar-refractivity contribution is 6.35. The quantitative estimate of drug-likeness (QED) is 0.816. The van der Waals surface area contributed by atoms with Crippen molar-refractivity contribution in [2.75, 3.05) is 6.54 Å². The Bertz CT molecular complexity index is 612. The molecular weight excluding hydrogens is 248 g/mol. The van der Waals surface area contributed by atoms with Crippen molar-refractivity contribution in [3.05, 3.63) is 53.2 Å². The molecule has 4 heteroatoms. The topological polar surface area (TPSA) is 45.2 Å². The highest BCUT2D eigenvalue weighted by Crippen LogP contribution is 2.30. The van der Waals surface area contributed by atoms with Crippen molar-refractivity contribution in [1.29, 1.82) is 0 Å². The van der Waals surface area contributed by atoms with Crippen molar-refractivity contribution in [1.82, 2.24) is 10.3 Å². The Morgan fingerprint density at radius 1 is 1.39 bits per heavy atom. The molecule has 0 saturated carbocycles. The number of aliphatic hydroxyl groups excluding tert-OH is 1. The Labute approximate surface area is 110 Å². The Balaban J connectivity index is 2.11. The lowest BCUT2D eigenvalue weighted by molar-refractivity contribution is 0.154. The van der Waals surface area contributed by atoms with Gasteiger partial charge in [-0.2, -0.15) is 0 Å². The third kappa shape index (κ3) is 1.90. The number of nitrogens with zero attached hydrogens (tertiary/aromatic N) is 1. The average molecular weight is 261 g/mol. The number of pyridine rings is 1. The molecule has 0 radical (unpaired) electrons. The van der Waals surface area contributed by atoms with Crippen LogP contribution in [0.5, 0.6) is 0 Å². The SMILES string of the molecule is OC(c1ccc(Cl)c2cccnc12)C1C=CCN1. The van der Waals surface area contributed by atoms with Crippen LogP contribution < -0.4 is 5.32 Å². The smallest absolute Gasteiger partial charge is 0.0999 e. The van der Waals surface area contributed by atoms with E-state index in [4.69, 9.17) is 11.6 Å². The average Bonchev–Trinajstić information content (AvgIpc) is 2.93. The van der Waals surface area contributed by atoms with E-state index in [-0.39, 0.29) is 6.04 Å². The standard InChI is InChI=1S/C14H13ClN2O/c15-11-6-5-10(13-9(11)3-1-8-17-13)14(18)12-4-2-7-16-12/h1-6,8,12,14,16,18H,7H2. The van der Waals surface area contributed by atoms with Crippen LogP contribution >= 0.6 is 11.6 Å². The van der Waals surface area contributed by atoms with Gasteiger partial charge in [-0.3, -0.25) is 4.98 Å². The summed E-state index contributed by atoms with van der Waals surface area (Å²) < 4.78 is 0. The number of rotatable bonds is 2. The van der Waals surface area contributed by atoms with Gasteiger partial charge in [0.15, 0.2) is 0 Å². The van der Waals surface area contributed by atoms with Crippen LogP contribution in [0.1, 0.15) is 11.7 Å². The lowest BCUT2D eigenvalue weighted by atomic mass is 10.00. The van der Waals surface area contributed by atoms with Gasteiger partial charge in [0.1, 0.15) is 0 Å². The highest BCUT2D eigenvalue weighted by atomic mass is 35.5. The van der Waals surface area contributed by atoms with Gasteiger partial charge >= 0.3 is 0 Å². The van der Waals surface area contributed by atoms with Crippen LogP contribution in [-0.4, -0.2) is 22.7 Å². The molecule has 2 aromatic rings. The van der Waals surface area contributed by atoms with Gasteiger partial charge in [-0.05, 0) is 18.2 Å². The van der Waals surface area contributed by atoms with Crippen LogP contribution in [0.4, 0.5) is 0 Å². The molecule has 3 rings (SSSR count). The lowest BCUT2D eigenvalue weighted by Gasteiger charge is -2.19. The summed E-state index contributed by atoms with van der Waals surface area (Å²) in [5.74, 6) is 0. The summed E-state index contributed by atoms with van der Waals surface area (Å²) in [6, 6.07) is 7.35. The second-order valence-corrected chi connectivity index (χ2v) is 4.75. The van der Waals surface area contributed by atoms with Crippen LogP contribution in [-0.2, 0) is 0 Å². The van der Waals surface area contributed by atoms with Gasteiger partial charge in [0, 0.05) is 28.7 Å². The van der Waals surface area contributed by atoms with E-state index < -0.39 is 6.10 Å². The van der Waals surface area contributed by atoms with Gasteiger partial charge in [0.2, 0.25) is 0 Å². The van der Waals surface area contributed by atoms with E-state index in [1.807, 2.05) is 36.4 Å². The molecule has 1 aliphatic heterocycles. The number of aliphatic hydroxyl groups is 1. The molecule has 0 aliphatic carbocycles. The zero-order valence-corrected chi connectivity index (χ0v) is 10.4. The number of hydrogen-bond donors (Lipinski definition) is 2. The van der Waals surface area contributed by atoms with Crippen LogP contribution in [0.2, 0.25) is 5.02 Å². The van der Waals surface area contributed by atoms with Gasteiger partial charge in [-0.15, -0.1) is 0 Å². The molecule has 2 heterocycles. The number of benzene rings is 1. The molecule has 0 saturated heterocycles. The first-order valence-electron chi connectivity index (χ1n) is 5.88. The molecule has 3 nitrogen and oxygen atoms in total. The summed E-state index contributed by atoms with van der Waals surface area (Å²) in [6.45, 7) is 0.792. The minimum atomic E-state index is -0.613. The first-order chi connectivity index (χ1) is 8.77. The molecule has 1 aromatic heterocycles. The van der Waals surface area contributed by atoms with E-state index in [9.17, 15) is 5.11 Å². The molecule has 2 unspecified atom stereocenters. The summed E-state index contributed by atoms with van der Waals surface area (Å²) >= 11 is 6.14. The molecule has 0 fully saturated rings. The minimum Gasteiger partial charge on any atom is -0.386 e. The largest absolute Gasteiger partial charge is 0.386 e. The maximum Gasteiger partial charge on any atom is 0.0999 e. The van der Waals surface area contributed by atoms with Crippen LogP contribution in [0.3, 0.4) is 0 Å². The Kier molecular flexibility index (Phi) is 3.04. The third-order valence-corrected chi connectivity index (χ3v) is 3.55. The van der Waals surface area contributed by atoms with Gasteiger partial charge in [0.05, 0.1) is 17.7 Å². The predicted octanol–water partition coefficient (Wildman–Crippen LogP) is 2.45. The summed E-state index contributed by atoms with van der Waals surface area (Å²) in [4.78, 5) is 4.34. The normalized spacial score (nSPS) is 20.4. The summed E-state index contributed by atoms with van der Waals surface area (Å²) in [6.07, 6.45) is 5.10. The Morgan fingerprint density at radius 3 is 3.06 bits per heavy atom. The fourth-order valence-corrected chi connectivity index (χ4v) is 2.51. The van der Waals surface area contributed by atoms with E-state index in [0.29, 0.717) is 5.02 Å². The number of halogens is 1. The van der Waals surface area contributed by atoms with Crippen molar-refractivity contribution < 1.29 is 5.11 Å². The molecule has 18 heavy (non-hydrogen) atoms. The molecule has 2 atom stereocenters. The van der Waals surface area contributed by atoms with E-state index in [1.54, 1.807) is 6.20 Å². The van der Waals surface area contributed by atoms with Gasteiger partial charge in [-0.1, -0.05) is 29.8 Å². The number of nitrogens with one attached hydrogen (secondary N) is 1. The second-order valence-electron chi connectivity index (χ2n) is 4.34. The van der Waals surface area contributed by atoms with Crippen LogP contribution in [0.15, 0.2) is 42.6 Å². The van der Waals surface area contributed by atoms with E-state index in [1.165, 1.54) is 0 Å². The predicted molar refractivity (Wildman–Crippen MR) is 72.6 cm³/mol. The number of aromatic nitrogens is 1. The van der Waals surface area contributed by atoms with Crippen molar-refractivity contribution in [3.63, 3.8) is 0 Å². The van der Waals surface area contributed by atoms with Gasteiger partial charge in [0.25, 0.3) is 0 Å². The second kappa shape index (κ2) is 4.69. The highest BCUT2D eigenvalue weighted by Gasteiger charge is 2.22.